The molecule has 1 aromatic heterocycles. The van der Waals surface area contributed by atoms with Crippen molar-refractivity contribution in [1.29, 1.82) is 0 Å². The lowest BCUT2D eigenvalue weighted by Crippen LogP contribution is -2.49. The topological polar surface area (TPSA) is 62.3 Å². The summed E-state index contributed by atoms with van der Waals surface area (Å²) in [6, 6.07) is -0.245. The smallest absolute Gasteiger partial charge is 0.267 e. The molecule has 0 radical (unpaired) electrons. The van der Waals surface area contributed by atoms with Crippen LogP contribution in [0.5, 0.6) is 0 Å². The molecule has 0 aliphatic carbocycles. The first-order valence-electron chi connectivity index (χ1n) is 7.63. The molecule has 1 fully saturated rings. The number of thioether (sulfide) groups is 1. The number of aromatic nitrogens is 1. The predicted molar refractivity (Wildman–Crippen MR) is 91.4 cm³/mol. The Morgan fingerprint density at radius 3 is 2.77 bits per heavy atom. The average Bonchev–Trinajstić information content (AvgIpc) is 3.12. The molecule has 0 bridgehead atoms. The molecule has 5 nitrogen and oxygen atoms in total. The SMILES string of the molecule is CCc1nc(C)c(C(=O)N2CSC[C@H]2C(=O)N[C@@H](C)CC)s1. The minimum Gasteiger partial charge on any atom is -0.352 e. The quantitative estimate of drug-likeness (QED) is 0.893. The molecule has 1 saturated heterocycles. The van der Waals surface area contributed by atoms with Crippen molar-refractivity contribution >= 4 is 34.9 Å². The molecule has 2 atom stereocenters. The largest absolute Gasteiger partial charge is 0.352 e. The van der Waals surface area contributed by atoms with E-state index in [0.29, 0.717) is 16.5 Å². The molecular formula is C15H23N3O2S2. The minimum absolute atomic E-state index is 0.0504. The third-order valence-electron chi connectivity index (χ3n) is 3.78. The van der Waals surface area contributed by atoms with E-state index in [1.54, 1.807) is 16.7 Å². The van der Waals surface area contributed by atoms with Crippen LogP contribution >= 0.6 is 23.1 Å². The van der Waals surface area contributed by atoms with E-state index < -0.39 is 0 Å². The van der Waals surface area contributed by atoms with Gasteiger partial charge in [-0.25, -0.2) is 4.98 Å². The van der Waals surface area contributed by atoms with Crippen molar-refractivity contribution in [3.8, 4) is 0 Å². The first-order valence-corrected chi connectivity index (χ1v) is 9.60. The van der Waals surface area contributed by atoms with Crippen molar-refractivity contribution in [2.75, 3.05) is 11.6 Å². The number of hydrogen-bond acceptors (Lipinski definition) is 5. The van der Waals surface area contributed by atoms with E-state index in [1.165, 1.54) is 11.3 Å². The summed E-state index contributed by atoms with van der Waals surface area (Å²) in [4.78, 5) is 31.9. The Kier molecular flexibility index (Phi) is 5.86. The second kappa shape index (κ2) is 7.46. The highest BCUT2D eigenvalue weighted by molar-refractivity contribution is 7.99. The Balaban J connectivity index is 2.14. The summed E-state index contributed by atoms with van der Waals surface area (Å²) in [5.41, 5.74) is 0.768. The molecular weight excluding hydrogens is 318 g/mol. The van der Waals surface area contributed by atoms with Gasteiger partial charge in [-0.15, -0.1) is 23.1 Å². The maximum Gasteiger partial charge on any atom is 0.267 e. The lowest BCUT2D eigenvalue weighted by atomic mass is 10.2. The van der Waals surface area contributed by atoms with E-state index in [9.17, 15) is 9.59 Å². The normalized spacial score (nSPS) is 19.3. The fourth-order valence-electron chi connectivity index (χ4n) is 2.23. The standard InChI is InChI=1S/C15H23N3O2S2/c1-5-9(3)16-14(19)11-7-21-8-18(11)15(20)13-10(4)17-12(6-2)22-13/h9,11H,5-8H2,1-4H3,(H,16,19)/t9-,11-/m0/s1. The fraction of sp³-hybridized carbons (Fsp3) is 0.667. The van der Waals surface area contributed by atoms with Gasteiger partial charge in [-0.05, 0) is 26.7 Å². The Morgan fingerprint density at radius 1 is 1.45 bits per heavy atom. The fourth-order valence-corrected chi connectivity index (χ4v) is 4.35. The van der Waals surface area contributed by atoms with Crippen LogP contribution in [0.15, 0.2) is 0 Å². The third-order valence-corrected chi connectivity index (χ3v) is 6.09. The first-order chi connectivity index (χ1) is 10.5. The van der Waals surface area contributed by atoms with E-state index in [-0.39, 0.29) is 23.9 Å². The minimum atomic E-state index is -0.377. The maximum atomic E-state index is 12.8. The van der Waals surface area contributed by atoms with E-state index in [2.05, 4.69) is 10.3 Å². The van der Waals surface area contributed by atoms with Crippen molar-refractivity contribution in [2.24, 2.45) is 0 Å². The van der Waals surface area contributed by atoms with Crippen molar-refractivity contribution < 1.29 is 9.59 Å². The van der Waals surface area contributed by atoms with Crippen molar-refractivity contribution in [2.45, 2.75) is 52.6 Å². The van der Waals surface area contributed by atoms with Gasteiger partial charge in [-0.3, -0.25) is 9.59 Å². The number of nitrogens with one attached hydrogen (secondary N) is 1. The molecule has 0 saturated carbocycles. The summed E-state index contributed by atoms with van der Waals surface area (Å²) in [6.45, 7) is 7.90. The Labute approximate surface area is 139 Å². The summed E-state index contributed by atoms with van der Waals surface area (Å²) >= 11 is 3.07. The average molecular weight is 342 g/mol. The van der Waals surface area contributed by atoms with Crippen LogP contribution < -0.4 is 5.32 Å². The van der Waals surface area contributed by atoms with Gasteiger partial charge in [0.15, 0.2) is 0 Å². The van der Waals surface area contributed by atoms with Gasteiger partial charge in [0.25, 0.3) is 5.91 Å². The van der Waals surface area contributed by atoms with Gasteiger partial charge in [0.1, 0.15) is 10.9 Å². The number of carbonyl (C=O) groups is 2. The molecule has 7 heteroatoms. The van der Waals surface area contributed by atoms with Crippen LogP contribution in [0.1, 0.15) is 47.6 Å². The number of rotatable bonds is 5. The molecule has 2 rings (SSSR count). The van der Waals surface area contributed by atoms with Gasteiger partial charge in [-0.2, -0.15) is 0 Å². The number of carbonyl (C=O) groups excluding carboxylic acids is 2. The first kappa shape index (κ1) is 17.3. The molecule has 1 aliphatic rings. The van der Waals surface area contributed by atoms with E-state index in [0.717, 1.165) is 23.5 Å². The molecule has 122 valence electrons. The maximum absolute atomic E-state index is 12.8. The number of hydrogen-bond donors (Lipinski definition) is 1. The number of aryl methyl sites for hydroxylation is 2. The van der Waals surface area contributed by atoms with Crippen LogP contribution in [0.2, 0.25) is 0 Å². The van der Waals surface area contributed by atoms with Crippen molar-refractivity contribution in [1.82, 2.24) is 15.2 Å². The van der Waals surface area contributed by atoms with Crippen LogP contribution in [-0.4, -0.2) is 45.4 Å². The zero-order valence-electron chi connectivity index (χ0n) is 13.5. The number of amides is 2. The van der Waals surface area contributed by atoms with Gasteiger partial charge in [0.2, 0.25) is 5.91 Å². The van der Waals surface area contributed by atoms with E-state index in [4.69, 9.17) is 0 Å². The summed E-state index contributed by atoms with van der Waals surface area (Å²) in [7, 11) is 0. The third kappa shape index (κ3) is 3.63. The van der Waals surface area contributed by atoms with Crippen molar-refractivity contribution in [3.63, 3.8) is 0 Å². The molecule has 1 aromatic rings. The molecule has 2 heterocycles. The Hall–Kier alpha value is -1.08. The zero-order valence-corrected chi connectivity index (χ0v) is 15.1. The molecule has 0 spiro atoms. The molecule has 1 N–H and O–H groups in total. The lowest BCUT2D eigenvalue weighted by molar-refractivity contribution is -0.125. The number of nitrogens with zero attached hydrogens (tertiary/aromatic N) is 2. The molecule has 1 aliphatic heterocycles. The molecule has 2 amide bonds. The van der Waals surface area contributed by atoms with Crippen LogP contribution in [0.3, 0.4) is 0 Å². The summed E-state index contributed by atoms with van der Waals surface area (Å²) in [5, 5.41) is 3.95. The van der Waals surface area contributed by atoms with Gasteiger partial charge in [0.05, 0.1) is 16.6 Å². The van der Waals surface area contributed by atoms with Gasteiger partial charge in [0, 0.05) is 11.8 Å². The van der Waals surface area contributed by atoms with Gasteiger partial charge >= 0.3 is 0 Å². The second-order valence-electron chi connectivity index (χ2n) is 5.48. The monoisotopic (exact) mass is 341 g/mol. The molecule has 0 unspecified atom stereocenters. The highest BCUT2D eigenvalue weighted by Crippen LogP contribution is 2.27. The predicted octanol–water partition coefficient (Wildman–Crippen LogP) is 2.44. The van der Waals surface area contributed by atoms with Crippen molar-refractivity contribution in [3.05, 3.63) is 15.6 Å². The Morgan fingerprint density at radius 2 is 2.18 bits per heavy atom. The highest BCUT2D eigenvalue weighted by atomic mass is 32.2. The molecule has 22 heavy (non-hydrogen) atoms. The zero-order chi connectivity index (χ0) is 16.3. The van der Waals surface area contributed by atoms with E-state index in [1.807, 2.05) is 27.7 Å². The molecule has 0 aromatic carbocycles. The van der Waals surface area contributed by atoms with Crippen LogP contribution in [-0.2, 0) is 11.2 Å². The lowest BCUT2D eigenvalue weighted by Gasteiger charge is -2.24. The van der Waals surface area contributed by atoms with Gasteiger partial charge in [-0.1, -0.05) is 13.8 Å². The highest BCUT2D eigenvalue weighted by Gasteiger charge is 2.36. The van der Waals surface area contributed by atoms with Crippen LogP contribution in [0.25, 0.3) is 0 Å². The number of thiazole rings is 1. The second-order valence-corrected chi connectivity index (χ2v) is 7.57. The Bertz CT molecular complexity index is 559. The van der Waals surface area contributed by atoms with E-state index >= 15 is 0 Å². The van der Waals surface area contributed by atoms with Crippen LogP contribution in [0.4, 0.5) is 0 Å². The summed E-state index contributed by atoms with van der Waals surface area (Å²) in [6.07, 6.45) is 1.71. The summed E-state index contributed by atoms with van der Waals surface area (Å²) < 4.78 is 0. The van der Waals surface area contributed by atoms with Crippen LogP contribution in [0, 0.1) is 6.92 Å². The van der Waals surface area contributed by atoms with Gasteiger partial charge < -0.3 is 10.2 Å². The summed E-state index contributed by atoms with van der Waals surface area (Å²) in [5.74, 6) is 1.11.